The minimum absolute atomic E-state index is 0.137. The number of hydroxylamine groups is 4. The number of nitrogens with zero attached hydrogens (tertiary/aromatic N) is 2. The average molecular weight is 362 g/mol. The van der Waals surface area contributed by atoms with Gasteiger partial charge in [-0.15, -0.1) is 0 Å². The summed E-state index contributed by atoms with van der Waals surface area (Å²) in [6.45, 7) is 1.98. The standard InChI is InChI=1S/C10H13NO2.C9H10FNO2/c1-8-4-6-9(7-5-8)10(12)11(2)13-3;1-11(13-2)9(12)7-3-5-8(10)6-4-7/h4-7H,1-3H3;3-6H,1-2H3. The maximum Gasteiger partial charge on any atom is 0.277 e. The van der Waals surface area contributed by atoms with E-state index >= 15 is 0 Å². The molecule has 2 aromatic rings. The molecule has 0 atom stereocenters. The van der Waals surface area contributed by atoms with Gasteiger partial charge in [-0.2, -0.15) is 0 Å². The van der Waals surface area contributed by atoms with E-state index in [1.54, 1.807) is 19.2 Å². The van der Waals surface area contributed by atoms with Gasteiger partial charge >= 0.3 is 0 Å². The third-order valence-electron chi connectivity index (χ3n) is 3.51. The minimum Gasteiger partial charge on any atom is -0.274 e. The van der Waals surface area contributed by atoms with Crippen molar-refractivity contribution in [3.05, 3.63) is 71.0 Å². The van der Waals surface area contributed by atoms with Crippen molar-refractivity contribution < 1.29 is 23.7 Å². The van der Waals surface area contributed by atoms with E-state index in [0.29, 0.717) is 11.1 Å². The van der Waals surface area contributed by atoms with Crippen molar-refractivity contribution >= 4 is 11.8 Å². The van der Waals surface area contributed by atoms with Crippen LogP contribution in [0.1, 0.15) is 26.3 Å². The Hall–Kier alpha value is -2.77. The monoisotopic (exact) mass is 362 g/mol. The van der Waals surface area contributed by atoms with Gasteiger partial charge in [0.05, 0.1) is 14.2 Å². The Balaban J connectivity index is 0.000000260. The zero-order chi connectivity index (χ0) is 19.7. The Morgan fingerprint density at radius 2 is 1.12 bits per heavy atom. The van der Waals surface area contributed by atoms with Gasteiger partial charge in [-0.25, -0.2) is 14.5 Å². The van der Waals surface area contributed by atoms with Gasteiger partial charge in [0.25, 0.3) is 11.8 Å². The fraction of sp³-hybridized carbons (Fsp3) is 0.263. The Morgan fingerprint density at radius 3 is 1.46 bits per heavy atom. The Labute approximate surface area is 152 Å². The SMILES string of the molecule is CON(C)C(=O)c1ccc(C)cc1.CON(C)C(=O)c1ccc(F)cc1. The molecule has 2 rings (SSSR count). The van der Waals surface area contributed by atoms with Crippen LogP contribution in [0.15, 0.2) is 48.5 Å². The van der Waals surface area contributed by atoms with E-state index in [4.69, 9.17) is 4.84 Å². The number of hydrogen-bond acceptors (Lipinski definition) is 4. The van der Waals surface area contributed by atoms with Crippen molar-refractivity contribution in [1.82, 2.24) is 10.1 Å². The van der Waals surface area contributed by atoms with Gasteiger partial charge in [-0.1, -0.05) is 17.7 Å². The van der Waals surface area contributed by atoms with E-state index in [0.717, 1.165) is 10.6 Å². The first-order valence-corrected chi connectivity index (χ1v) is 7.76. The molecule has 140 valence electrons. The number of carbonyl (C=O) groups is 2. The average Bonchev–Trinajstić information content (AvgIpc) is 2.67. The van der Waals surface area contributed by atoms with Crippen LogP contribution in [0.5, 0.6) is 0 Å². The third kappa shape index (κ3) is 6.27. The molecule has 2 amide bonds. The lowest BCUT2D eigenvalue weighted by atomic mass is 10.1. The number of aryl methyl sites for hydroxylation is 1. The molecule has 0 spiro atoms. The summed E-state index contributed by atoms with van der Waals surface area (Å²) in [5, 5.41) is 2.28. The van der Waals surface area contributed by atoms with Crippen LogP contribution >= 0.6 is 0 Å². The predicted molar refractivity (Wildman–Crippen MR) is 95.8 cm³/mol. The highest BCUT2D eigenvalue weighted by atomic mass is 19.1. The van der Waals surface area contributed by atoms with Crippen LogP contribution in [0.3, 0.4) is 0 Å². The van der Waals surface area contributed by atoms with E-state index in [1.165, 1.54) is 50.6 Å². The van der Waals surface area contributed by atoms with E-state index in [1.807, 2.05) is 19.1 Å². The molecule has 0 saturated carbocycles. The van der Waals surface area contributed by atoms with E-state index in [2.05, 4.69) is 4.84 Å². The molecule has 0 heterocycles. The molecular weight excluding hydrogens is 339 g/mol. The zero-order valence-electron chi connectivity index (χ0n) is 15.5. The second-order valence-electron chi connectivity index (χ2n) is 5.34. The number of halogens is 1. The van der Waals surface area contributed by atoms with E-state index in [9.17, 15) is 14.0 Å². The summed E-state index contributed by atoms with van der Waals surface area (Å²) in [6, 6.07) is 12.7. The first-order valence-electron chi connectivity index (χ1n) is 7.76. The molecule has 26 heavy (non-hydrogen) atoms. The third-order valence-corrected chi connectivity index (χ3v) is 3.51. The van der Waals surface area contributed by atoms with Crippen LogP contribution in [0.4, 0.5) is 4.39 Å². The molecule has 6 nitrogen and oxygen atoms in total. The van der Waals surface area contributed by atoms with Crippen LogP contribution < -0.4 is 0 Å². The van der Waals surface area contributed by atoms with Crippen molar-refractivity contribution in [2.24, 2.45) is 0 Å². The van der Waals surface area contributed by atoms with Gasteiger partial charge in [0.2, 0.25) is 0 Å². The summed E-state index contributed by atoms with van der Waals surface area (Å²) in [4.78, 5) is 32.3. The van der Waals surface area contributed by atoms with Gasteiger partial charge in [0.1, 0.15) is 5.82 Å². The maximum absolute atomic E-state index is 12.5. The molecule has 0 radical (unpaired) electrons. The summed E-state index contributed by atoms with van der Waals surface area (Å²) in [5.41, 5.74) is 2.16. The minimum atomic E-state index is -0.364. The van der Waals surface area contributed by atoms with Gasteiger partial charge in [-0.05, 0) is 43.3 Å². The van der Waals surface area contributed by atoms with Crippen molar-refractivity contribution in [3.63, 3.8) is 0 Å². The van der Waals surface area contributed by atoms with Crippen molar-refractivity contribution in [3.8, 4) is 0 Å². The van der Waals surface area contributed by atoms with Gasteiger partial charge in [0.15, 0.2) is 0 Å². The molecule has 0 bridgehead atoms. The van der Waals surface area contributed by atoms with Crippen LogP contribution in [-0.2, 0) is 9.68 Å². The molecule has 0 saturated heterocycles. The normalized spacial score (nSPS) is 9.77. The number of amides is 2. The fourth-order valence-corrected chi connectivity index (χ4v) is 1.82. The maximum atomic E-state index is 12.5. The lowest BCUT2D eigenvalue weighted by molar-refractivity contribution is -0.0757. The largest absolute Gasteiger partial charge is 0.277 e. The molecule has 0 unspecified atom stereocenters. The molecule has 0 aliphatic rings. The Kier molecular flexibility index (Phi) is 8.41. The molecule has 7 heteroatoms. The van der Waals surface area contributed by atoms with Crippen molar-refractivity contribution in [1.29, 1.82) is 0 Å². The molecule has 2 aromatic carbocycles. The first-order chi connectivity index (χ1) is 12.3. The van der Waals surface area contributed by atoms with E-state index < -0.39 is 0 Å². The van der Waals surface area contributed by atoms with Crippen LogP contribution in [0.25, 0.3) is 0 Å². The molecule has 0 N–H and O–H groups in total. The lowest BCUT2D eigenvalue weighted by Crippen LogP contribution is -2.25. The summed E-state index contributed by atoms with van der Waals surface area (Å²) in [7, 11) is 5.93. The lowest BCUT2D eigenvalue weighted by Gasteiger charge is -2.13. The van der Waals surface area contributed by atoms with Crippen LogP contribution in [-0.4, -0.2) is 50.3 Å². The van der Waals surface area contributed by atoms with Crippen molar-refractivity contribution in [2.45, 2.75) is 6.92 Å². The number of carbonyl (C=O) groups excluding carboxylic acids is 2. The van der Waals surface area contributed by atoms with Crippen LogP contribution in [0.2, 0.25) is 0 Å². The smallest absolute Gasteiger partial charge is 0.274 e. The number of benzene rings is 2. The van der Waals surface area contributed by atoms with Gasteiger partial charge in [-0.3, -0.25) is 19.3 Å². The predicted octanol–water partition coefficient (Wildman–Crippen LogP) is 3.09. The van der Waals surface area contributed by atoms with Crippen LogP contribution in [0, 0.1) is 12.7 Å². The highest BCUT2D eigenvalue weighted by Crippen LogP contribution is 2.06. The molecule has 0 fully saturated rings. The Bertz CT molecular complexity index is 654. The number of hydrogen-bond donors (Lipinski definition) is 0. The molecule has 0 aliphatic heterocycles. The fourth-order valence-electron chi connectivity index (χ4n) is 1.82. The summed E-state index contributed by atoms with van der Waals surface area (Å²) in [5.74, 6) is -0.804. The Morgan fingerprint density at radius 1 is 0.769 bits per heavy atom. The topological polar surface area (TPSA) is 59.1 Å². The zero-order valence-corrected chi connectivity index (χ0v) is 15.5. The highest BCUT2D eigenvalue weighted by Gasteiger charge is 2.10. The first kappa shape index (κ1) is 21.3. The molecular formula is C19H23FN2O4. The molecule has 0 aliphatic carbocycles. The van der Waals surface area contributed by atoms with E-state index in [-0.39, 0.29) is 17.6 Å². The van der Waals surface area contributed by atoms with Gasteiger partial charge < -0.3 is 0 Å². The number of rotatable bonds is 4. The van der Waals surface area contributed by atoms with Gasteiger partial charge in [0, 0.05) is 25.2 Å². The second-order valence-corrected chi connectivity index (χ2v) is 5.34. The quantitative estimate of drug-likeness (QED) is 0.785. The summed E-state index contributed by atoms with van der Waals surface area (Å²) in [6.07, 6.45) is 0. The van der Waals surface area contributed by atoms with Crippen molar-refractivity contribution in [2.75, 3.05) is 28.3 Å². The highest BCUT2D eigenvalue weighted by molar-refractivity contribution is 5.93. The second kappa shape index (κ2) is 10.3. The molecule has 0 aromatic heterocycles. The summed E-state index contributed by atoms with van der Waals surface area (Å²) < 4.78 is 12.5. The summed E-state index contributed by atoms with van der Waals surface area (Å²) >= 11 is 0.